The normalized spacial score (nSPS) is 9.82. The van der Waals surface area contributed by atoms with Crippen LogP contribution < -0.4 is 5.32 Å². The summed E-state index contributed by atoms with van der Waals surface area (Å²) < 4.78 is 8.54. The summed E-state index contributed by atoms with van der Waals surface area (Å²) in [4.78, 5) is 24.3. The molecule has 1 rings (SSSR count). The van der Waals surface area contributed by atoms with Crippen molar-refractivity contribution in [1.29, 1.82) is 0 Å². The predicted molar refractivity (Wildman–Crippen MR) is 63.2 cm³/mol. The molecular formula is C9H14N4O3S. The van der Waals surface area contributed by atoms with Crippen molar-refractivity contribution >= 4 is 28.5 Å². The number of hydrogen-bond donors (Lipinski definition) is 1. The third-order valence-electron chi connectivity index (χ3n) is 1.75. The highest BCUT2D eigenvalue weighted by atomic mass is 32.1. The van der Waals surface area contributed by atoms with E-state index in [0.29, 0.717) is 11.6 Å². The van der Waals surface area contributed by atoms with Gasteiger partial charge in [0.2, 0.25) is 5.69 Å². The van der Waals surface area contributed by atoms with E-state index in [1.165, 1.54) is 4.90 Å². The number of aromatic nitrogens is 2. The molecule has 17 heavy (non-hydrogen) atoms. The fourth-order valence-corrected chi connectivity index (χ4v) is 1.43. The van der Waals surface area contributed by atoms with Crippen molar-refractivity contribution in [3.8, 4) is 0 Å². The Morgan fingerprint density at radius 1 is 1.47 bits per heavy atom. The Bertz CT molecular complexity index is 405. The van der Waals surface area contributed by atoms with E-state index in [1.807, 2.05) is 6.92 Å². The van der Waals surface area contributed by atoms with E-state index in [2.05, 4.69) is 14.9 Å². The van der Waals surface area contributed by atoms with Gasteiger partial charge in [0.1, 0.15) is 0 Å². The molecule has 0 aliphatic rings. The van der Waals surface area contributed by atoms with Crippen LogP contribution in [0.1, 0.15) is 23.8 Å². The molecule has 0 aliphatic carbocycles. The molecule has 0 bridgehead atoms. The number of carbonyl (C=O) groups is 2. The van der Waals surface area contributed by atoms with Crippen molar-refractivity contribution < 1.29 is 14.3 Å². The average Bonchev–Trinajstić information content (AvgIpc) is 2.73. The van der Waals surface area contributed by atoms with Gasteiger partial charge < -0.3 is 9.64 Å². The van der Waals surface area contributed by atoms with Crippen LogP contribution in [0.2, 0.25) is 0 Å². The maximum atomic E-state index is 11.6. The van der Waals surface area contributed by atoms with E-state index < -0.39 is 5.97 Å². The second-order valence-electron chi connectivity index (χ2n) is 3.41. The number of ether oxygens (including phenoxy) is 1. The first kappa shape index (κ1) is 13.4. The van der Waals surface area contributed by atoms with Gasteiger partial charge in [0, 0.05) is 25.6 Å². The van der Waals surface area contributed by atoms with Crippen LogP contribution in [0.4, 0.5) is 9.80 Å². The van der Waals surface area contributed by atoms with Gasteiger partial charge in [-0.3, -0.25) is 5.32 Å². The lowest BCUT2D eigenvalue weighted by atomic mass is 10.4. The number of esters is 1. The van der Waals surface area contributed by atoms with Crippen LogP contribution in [0.3, 0.4) is 0 Å². The van der Waals surface area contributed by atoms with Crippen LogP contribution in [-0.2, 0) is 4.74 Å². The molecule has 94 valence electrons. The molecule has 0 spiro atoms. The largest absolute Gasteiger partial charge is 0.461 e. The Morgan fingerprint density at radius 2 is 2.18 bits per heavy atom. The van der Waals surface area contributed by atoms with E-state index in [0.717, 1.165) is 18.0 Å². The SMILES string of the molecule is CCCOC(=O)c1nnsc1NC(=O)N(C)C. The molecule has 0 radical (unpaired) electrons. The minimum absolute atomic E-state index is 0.0404. The summed E-state index contributed by atoms with van der Waals surface area (Å²) in [5.41, 5.74) is 0.0404. The van der Waals surface area contributed by atoms with Gasteiger partial charge in [0.15, 0.2) is 5.00 Å². The van der Waals surface area contributed by atoms with Gasteiger partial charge in [-0.15, -0.1) is 5.10 Å². The summed E-state index contributed by atoms with van der Waals surface area (Å²) in [6, 6.07) is -0.347. The molecule has 0 aliphatic heterocycles. The maximum Gasteiger partial charge on any atom is 0.362 e. The van der Waals surface area contributed by atoms with Crippen LogP contribution in [-0.4, -0.2) is 47.2 Å². The number of hydrogen-bond acceptors (Lipinski definition) is 6. The highest BCUT2D eigenvalue weighted by Gasteiger charge is 2.19. The monoisotopic (exact) mass is 258 g/mol. The summed E-state index contributed by atoms with van der Waals surface area (Å²) >= 11 is 0.937. The Hall–Kier alpha value is -1.70. The highest BCUT2D eigenvalue weighted by molar-refractivity contribution is 7.10. The molecule has 0 saturated carbocycles. The minimum Gasteiger partial charge on any atom is -0.461 e. The molecule has 0 aromatic carbocycles. The van der Waals surface area contributed by atoms with Gasteiger partial charge in [-0.25, -0.2) is 9.59 Å². The number of amides is 2. The molecule has 0 atom stereocenters. The summed E-state index contributed by atoms with van der Waals surface area (Å²) in [5, 5.41) is 6.47. The van der Waals surface area contributed by atoms with Gasteiger partial charge in [0.05, 0.1) is 6.61 Å². The quantitative estimate of drug-likeness (QED) is 0.820. The third-order valence-corrected chi connectivity index (χ3v) is 2.39. The second kappa shape index (κ2) is 6.14. The summed E-state index contributed by atoms with van der Waals surface area (Å²) in [6.07, 6.45) is 0.725. The average molecular weight is 258 g/mol. The molecule has 8 heteroatoms. The Kier molecular flexibility index (Phi) is 4.83. The molecular weight excluding hydrogens is 244 g/mol. The Balaban J connectivity index is 2.72. The highest BCUT2D eigenvalue weighted by Crippen LogP contribution is 2.18. The molecule has 1 aromatic rings. The van der Waals surface area contributed by atoms with Crippen LogP contribution >= 0.6 is 11.5 Å². The van der Waals surface area contributed by atoms with Crippen molar-refractivity contribution in [3.05, 3.63) is 5.69 Å². The molecule has 1 aromatic heterocycles. The van der Waals surface area contributed by atoms with Crippen LogP contribution in [0.25, 0.3) is 0 Å². The molecule has 0 unspecified atom stereocenters. The van der Waals surface area contributed by atoms with Crippen LogP contribution in [0.5, 0.6) is 0 Å². The van der Waals surface area contributed by atoms with Crippen molar-refractivity contribution in [1.82, 2.24) is 14.5 Å². The van der Waals surface area contributed by atoms with E-state index in [1.54, 1.807) is 14.1 Å². The number of nitrogens with one attached hydrogen (secondary N) is 1. The number of carbonyl (C=O) groups excluding carboxylic acids is 2. The van der Waals surface area contributed by atoms with Crippen molar-refractivity contribution in [2.75, 3.05) is 26.0 Å². The van der Waals surface area contributed by atoms with Crippen LogP contribution in [0, 0.1) is 0 Å². The van der Waals surface area contributed by atoms with E-state index in [4.69, 9.17) is 4.74 Å². The number of anilines is 1. The standard InChI is InChI=1S/C9H14N4O3S/c1-4-5-16-8(14)6-7(17-12-11-6)10-9(15)13(2)3/h4-5H2,1-3H3,(H,10,15). The van der Waals surface area contributed by atoms with Gasteiger partial charge in [0.25, 0.3) is 0 Å². The van der Waals surface area contributed by atoms with Gasteiger partial charge in [-0.1, -0.05) is 11.4 Å². The maximum absolute atomic E-state index is 11.6. The first-order valence-electron chi connectivity index (χ1n) is 5.04. The number of urea groups is 1. The molecule has 7 nitrogen and oxygen atoms in total. The fraction of sp³-hybridized carbons (Fsp3) is 0.556. The predicted octanol–water partition coefficient (Wildman–Crippen LogP) is 1.20. The third kappa shape index (κ3) is 3.66. The number of rotatable bonds is 4. The first-order valence-corrected chi connectivity index (χ1v) is 5.81. The van der Waals surface area contributed by atoms with Gasteiger partial charge >= 0.3 is 12.0 Å². The Labute approximate surface area is 103 Å². The van der Waals surface area contributed by atoms with E-state index >= 15 is 0 Å². The van der Waals surface area contributed by atoms with Crippen molar-refractivity contribution in [2.24, 2.45) is 0 Å². The first-order chi connectivity index (χ1) is 8.06. The number of nitrogens with zero attached hydrogens (tertiary/aromatic N) is 3. The molecule has 0 saturated heterocycles. The molecule has 1 heterocycles. The summed E-state index contributed by atoms with van der Waals surface area (Å²) in [7, 11) is 3.19. The second-order valence-corrected chi connectivity index (χ2v) is 4.17. The van der Waals surface area contributed by atoms with Crippen molar-refractivity contribution in [3.63, 3.8) is 0 Å². The molecule has 0 fully saturated rings. The van der Waals surface area contributed by atoms with E-state index in [-0.39, 0.29) is 11.7 Å². The van der Waals surface area contributed by atoms with Crippen molar-refractivity contribution in [2.45, 2.75) is 13.3 Å². The van der Waals surface area contributed by atoms with Crippen LogP contribution in [0.15, 0.2) is 0 Å². The molecule has 2 amide bonds. The lowest BCUT2D eigenvalue weighted by molar-refractivity contribution is 0.0499. The summed E-state index contributed by atoms with van der Waals surface area (Å²) in [6.45, 7) is 2.21. The fourth-order valence-electron chi connectivity index (χ4n) is 0.878. The zero-order valence-electron chi connectivity index (χ0n) is 9.89. The smallest absolute Gasteiger partial charge is 0.362 e. The Morgan fingerprint density at radius 3 is 2.76 bits per heavy atom. The summed E-state index contributed by atoms with van der Waals surface area (Å²) in [5.74, 6) is -0.574. The zero-order chi connectivity index (χ0) is 12.8. The minimum atomic E-state index is -0.574. The van der Waals surface area contributed by atoms with Gasteiger partial charge in [-0.05, 0) is 6.42 Å². The zero-order valence-corrected chi connectivity index (χ0v) is 10.7. The lowest BCUT2D eigenvalue weighted by Gasteiger charge is -2.10. The topological polar surface area (TPSA) is 84.4 Å². The lowest BCUT2D eigenvalue weighted by Crippen LogP contribution is -2.27. The van der Waals surface area contributed by atoms with E-state index in [9.17, 15) is 9.59 Å². The van der Waals surface area contributed by atoms with Gasteiger partial charge in [-0.2, -0.15) is 0 Å². The molecule has 1 N–H and O–H groups in total.